The quantitative estimate of drug-likeness (QED) is 0.770. The molecule has 1 aromatic heterocycles. The first-order valence-electron chi connectivity index (χ1n) is 6.74. The Hall–Kier alpha value is -1.90. The first-order chi connectivity index (χ1) is 10.2. The highest BCUT2D eigenvalue weighted by molar-refractivity contribution is 7.93. The van der Waals surface area contributed by atoms with Gasteiger partial charge in [0.15, 0.2) is 0 Å². The van der Waals surface area contributed by atoms with E-state index in [0.29, 0.717) is 18.5 Å². The van der Waals surface area contributed by atoms with Crippen LogP contribution in [0.25, 0.3) is 0 Å². The lowest BCUT2D eigenvalue weighted by atomic mass is 9.89. The zero-order chi connectivity index (χ0) is 16.5. The Morgan fingerprint density at radius 1 is 1.32 bits per heavy atom. The molecule has 0 bridgehead atoms. The van der Waals surface area contributed by atoms with E-state index in [2.05, 4.69) is 14.7 Å². The zero-order valence-electron chi connectivity index (χ0n) is 12.9. The van der Waals surface area contributed by atoms with E-state index in [-0.39, 0.29) is 11.8 Å². The van der Waals surface area contributed by atoms with E-state index in [1.807, 2.05) is 0 Å². The van der Waals surface area contributed by atoms with Crippen molar-refractivity contribution in [2.45, 2.75) is 37.4 Å². The number of aromatic nitrogens is 2. The monoisotopic (exact) mass is 329 g/mol. The van der Waals surface area contributed by atoms with E-state index < -0.39 is 26.7 Å². The predicted octanol–water partition coefficient (Wildman–Crippen LogP) is 0.840. The first-order valence-corrected chi connectivity index (χ1v) is 8.29. The van der Waals surface area contributed by atoms with Gasteiger partial charge in [0.2, 0.25) is 21.9 Å². The van der Waals surface area contributed by atoms with Gasteiger partial charge in [-0.15, -0.1) is 0 Å². The van der Waals surface area contributed by atoms with Gasteiger partial charge in [-0.05, 0) is 26.7 Å². The van der Waals surface area contributed by atoms with Gasteiger partial charge in [-0.25, -0.2) is 13.4 Å². The van der Waals surface area contributed by atoms with Gasteiger partial charge in [0.25, 0.3) is 0 Å². The molecule has 1 heterocycles. The molecule has 0 aliphatic heterocycles. The standard InChI is InChI=1S/C13H19N3O5S/c1-13(2,11(17)21-4)9-7-10(20-3)15-12(14-9)16-22(18,19)8-5-6-8/h7-8H,5-6H2,1-4H3,(H,14,15,16). The normalized spacial score (nSPS) is 15.3. The van der Waals surface area contributed by atoms with Gasteiger partial charge in [-0.2, -0.15) is 4.98 Å². The minimum atomic E-state index is -3.50. The van der Waals surface area contributed by atoms with E-state index in [1.54, 1.807) is 13.8 Å². The fourth-order valence-corrected chi connectivity index (χ4v) is 3.11. The molecule has 1 aliphatic rings. The summed E-state index contributed by atoms with van der Waals surface area (Å²) < 4.78 is 36.1. The topological polar surface area (TPSA) is 107 Å². The van der Waals surface area contributed by atoms with Crippen LogP contribution in [0.1, 0.15) is 32.4 Å². The number of rotatable bonds is 6. The third-order valence-electron chi connectivity index (χ3n) is 3.44. The summed E-state index contributed by atoms with van der Waals surface area (Å²) in [6.07, 6.45) is 1.25. The number of methoxy groups -OCH3 is 2. The molecule has 0 amide bonds. The lowest BCUT2D eigenvalue weighted by Crippen LogP contribution is -2.32. The lowest BCUT2D eigenvalue weighted by Gasteiger charge is -2.21. The third-order valence-corrected chi connectivity index (χ3v) is 5.26. The maximum absolute atomic E-state index is 12.0. The molecular formula is C13H19N3O5S. The smallest absolute Gasteiger partial charge is 0.317 e. The number of hydrogen-bond donors (Lipinski definition) is 1. The third kappa shape index (κ3) is 3.29. The number of carbonyl (C=O) groups is 1. The molecule has 1 aromatic rings. The molecule has 1 fully saturated rings. The summed E-state index contributed by atoms with van der Waals surface area (Å²) in [7, 11) is -0.824. The van der Waals surface area contributed by atoms with Crippen molar-refractivity contribution in [3.05, 3.63) is 11.8 Å². The molecule has 2 rings (SSSR count). The van der Waals surface area contributed by atoms with Gasteiger partial charge in [0, 0.05) is 6.07 Å². The summed E-state index contributed by atoms with van der Waals surface area (Å²) in [6, 6.07) is 1.48. The summed E-state index contributed by atoms with van der Waals surface area (Å²) in [4.78, 5) is 20.0. The van der Waals surface area contributed by atoms with Gasteiger partial charge in [0.1, 0.15) is 5.41 Å². The molecule has 122 valence electrons. The van der Waals surface area contributed by atoms with Crippen molar-refractivity contribution >= 4 is 21.9 Å². The van der Waals surface area contributed by atoms with Crippen molar-refractivity contribution in [3.8, 4) is 5.88 Å². The Morgan fingerprint density at radius 2 is 1.95 bits per heavy atom. The van der Waals surface area contributed by atoms with E-state index in [9.17, 15) is 13.2 Å². The maximum Gasteiger partial charge on any atom is 0.317 e. The summed E-state index contributed by atoms with van der Waals surface area (Å²) in [6.45, 7) is 3.25. The highest BCUT2D eigenvalue weighted by atomic mass is 32.2. The van der Waals surface area contributed by atoms with Gasteiger partial charge in [-0.3, -0.25) is 9.52 Å². The highest BCUT2D eigenvalue weighted by Gasteiger charge is 2.37. The molecule has 0 atom stereocenters. The predicted molar refractivity (Wildman–Crippen MR) is 79.2 cm³/mol. The molecule has 9 heteroatoms. The average Bonchev–Trinajstić information content (AvgIpc) is 3.30. The Morgan fingerprint density at radius 3 is 2.45 bits per heavy atom. The van der Waals surface area contributed by atoms with Crippen LogP contribution in [-0.2, 0) is 25.0 Å². The van der Waals surface area contributed by atoms with Crippen molar-refractivity contribution in [2.24, 2.45) is 0 Å². The van der Waals surface area contributed by atoms with E-state index >= 15 is 0 Å². The maximum atomic E-state index is 12.0. The summed E-state index contributed by atoms with van der Waals surface area (Å²) in [5.74, 6) is -0.446. The molecule has 1 N–H and O–H groups in total. The second-order valence-electron chi connectivity index (χ2n) is 5.58. The lowest BCUT2D eigenvalue weighted by molar-refractivity contribution is -0.146. The van der Waals surface area contributed by atoms with Gasteiger partial charge >= 0.3 is 5.97 Å². The number of carbonyl (C=O) groups excluding carboxylic acids is 1. The van der Waals surface area contributed by atoms with Crippen molar-refractivity contribution in [2.75, 3.05) is 18.9 Å². The zero-order valence-corrected chi connectivity index (χ0v) is 13.7. The van der Waals surface area contributed by atoms with Crippen LogP contribution in [0.5, 0.6) is 5.88 Å². The number of anilines is 1. The Labute approximate surface area is 129 Å². The molecule has 0 saturated heterocycles. The second kappa shape index (κ2) is 5.71. The molecule has 0 spiro atoms. The largest absolute Gasteiger partial charge is 0.481 e. The number of sulfonamides is 1. The Balaban J connectivity index is 2.40. The van der Waals surface area contributed by atoms with Crippen LogP contribution in [0, 0.1) is 0 Å². The molecule has 0 radical (unpaired) electrons. The van der Waals surface area contributed by atoms with Gasteiger partial charge in [-0.1, -0.05) is 0 Å². The van der Waals surface area contributed by atoms with E-state index in [4.69, 9.17) is 9.47 Å². The van der Waals surface area contributed by atoms with E-state index in [1.165, 1.54) is 20.3 Å². The van der Waals surface area contributed by atoms with Crippen molar-refractivity contribution in [3.63, 3.8) is 0 Å². The van der Waals surface area contributed by atoms with Crippen LogP contribution in [0.15, 0.2) is 6.07 Å². The minimum absolute atomic E-state index is 0.113. The molecule has 1 saturated carbocycles. The molecule has 0 unspecified atom stereocenters. The van der Waals surface area contributed by atoms with Gasteiger partial charge in [0.05, 0.1) is 25.2 Å². The molecular weight excluding hydrogens is 310 g/mol. The van der Waals surface area contributed by atoms with Crippen LogP contribution >= 0.6 is 0 Å². The van der Waals surface area contributed by atoms with Crippen LogP contribution in [0.2, 0.25) is 0 Å². The minimum Gasteiger partial charge on any atom is -0.481 e. The van der Waals surface area contributed by atoms with E-state index in [0.717, 1.165) is 0 Å². The Bertz CT molecular complexity index is 683. The fourth-order valence-electron chi connectivity index (χ4n) is 1.84. The number of nitrogens with zero attached hydrogens (tertiary/aromatic N) is 2. The van der Waals surface area contributed by atoms with Crippen LogP contribution in [-0.4, -0.2) is 43.8 Å². The molecule has 1 aliphatic carbocycles. The summed E-state index contributed by atoms with van der Waals surface area (Å²) in [5, 5.41) is -0.403. The number of nitrogens with one attached hydrogen (secondary N) is 1. The summed E-state index contributed by atoms with van der Waals surface area (Å²) >= 11 is 0. The molecule has 8 nitrogen and oxygen atoms in total. The van der Waals surface area contributed by atoms with Crippen LogP contribution < -0.4 is 9.46 Å². The first kappa shape index (κ1) is 16.5. The second-order valence-corrected chi connectivity index (χ2v) is 7.54. The van der Waals surface area contributed by atoms with Crippen LogP contribution in [0.3, 0.4) is 0 Å². The van der Waals surface area contributed by atoms with Gasteiger partial charge < -0.3 is 9.47 Å². The average molecular weight is 329 g/mol. The number of ether oxygens (including phenoxy) is 2. The van der Waals surface area contributed by atoms with Crippen molar-refractivity contribution < 1.29 is 22.7 Å². The van der Waals surface area contributed by atoms with Crippen molar-refractivity contribution in [1.29, 1.82) is 0 Å². The SMILES string of the molecule is COC(=O)C(C)(C)c1cc(OC)nc(NS(=O)(=O)C2CC2)n1. The fraction of sp³-hybridized carbons (Fsp3) is 0.615. The molecule has 0 aromatic carbocycles. The number of esters is 1. The van der Waals surface area contributed by atoms with Crippen LogP contribution in [0.4, 0.5) is 5.95 Å². The summed E-state index contributed by atoms with van der Waals surface area (Å²) in [5.41, 5.74) is -0.759. The number of hydrogen-bond acceptors (Lipinski definition) is 7. The van der Waals surface area contributed by atoms with Crippen molar-refractivity contribution in [1.82, 2.24) is 9.97 Å². The Kier molecular flexibility index (Phi) is 4.28. The molecule has 22 heavy (non-hydrogen) atoms. The highest BCUT2D eigenvalue weighted by Crippen LogP contribution is 2.30.